The minimum absolute atomic E-state index is 0.183. The molecule has 2 heteroatoms. The van der Waals surface area contributed by atoms with Gasteiger partial charge in [0.25, 0.3) is 0 Å². The Bertz CT molecular complexity index is 298. The van der Waals surface area contributed by atoms with Crippen LogP contribution in [-0.2, 0) is 4.79 Å². The van der Waals surface area contributed by atoms with Gasteiger partial charge in [-0.1, -0.05) is 103 Å². The van der Waals surface area contributed by atoms with E-state index in [-0.39, 0.29) is 5.24 Å². The van der Waals surface area contributed by atoms with E-state index in [1.165, 1.54) is 103 Å². The maximum absolute atomic E-state index is 10.6. The molecule has 0 saturated carbocycles. The molecule has 0 atom stereocenters. The highest BCUT2D eigenvalue weighted by molar-refractivity contribution is 6.63. The fraction of sp³-hybridized carbons (Fsp3) is 0.870. The molecule has 0 aromatic carbocycles. The number of allylic oxidation sites excluding steroid dienone is 2. The van der Waals surface area contributed by atoms with Crippen molar-refractivity contribution in [3.63, 3.8) is 0 Å². The summed E-state index contributed by atoms with van der Waals surface area (Å²) in [5.74, 6) is 0. The first-order valence-corrected chi connectivity index (χ1v) is 11.5. The molecular weight excluding hydrogens is 328 g/mol. The standard InChI is InChI=1S/C23H43ClO/c1-2-3-4-5-6-7-8-9-10-11-12-13-14-15-16-17-18-19-20-21-22-23(24)25/h8-9H,2-7,10-22H2,1H3/b9-8+. The van der Waals surface area contributed by atoms with Gasteiger partial charge >= 0.3 is 0 Å². The molecule has 0 spiro atoms. The normalized spacial score (nSPS) is 11.4. The van der Waals surface area contributed by atoms with Gasteiger partial charge in [0.05, 0.1) is 0 Å². The van der Waals surface area contributed by atoms with Crippen molar-refractivity contribution >= 4 is 16.8 Å². The highest BCUT2D eigenvalue weighted by atomic mass is 35.5. The van der Waals surface area contributed by atoms with Crippen molar-refractivity contribution < 1.29 is 4.79 Å². The molecule has 0 bridgehead atoms. The summed E-state index contributed by atoms with van der Waals surface area (Å²) < 4.78 is 0. The zero-order chi connectivity index (χ0) is 18.4. The van der Waals surface area contributed by atoms with E-state index >= 15 is 0 Å². The van der Waals surface area contributed by atoms with Gasteiger partial charge in [-0.2, -0.15) is 0 Å². The van der Waals surface area contributed by atoms with E-state index in [9.17, 15) is 4.79 Å². The van der Waals surface area contributed by atoms with Gasteiger partial charge in [-0.05, 0) is 43.7 Å². The van der Waals surface area contributed by atoms with Crippen molar-refractivity contribution in [2.75, 3.05) is 0 Å². The third kappa shape index (κ3) is 23.7. The summed E-state index contributed by atoms with van der Waals surface area (Å²) >= 11 is 5.32. The molecule has 0 rings (SSSR count). The third-order valence-corrected chi connectivity index (χ3v) is 5.07. The van der Waals surface area contributed by atoms with Gasteiger partial charge in [-0.3, -0.25) is 4.79 Å². The molecule has 25 heavy (non-hydrogen) atoms. The Morgan fingerprint density at radius 1 is 0.600 bits per heavy atom. The predicted molar refractivity (Wildman–Crippen MR) is 113 cm³/mol. The molecule has 0 fully saturated rings. The summed E-state index contributed by atoms with van der Waals surface area (Å²) in [7, 11) is 0. The third-order valence-electron chi connectivity index (χ3n) is 4.89. The zero-order valence-corrected chi connectivity index (χ0v) is 17.6. The second-order valence-electron chi connectivity index (χ2n) is 7.46. The van der Waals surface area contributed by atoms with Gasteiger partial charge in [0, 0.05) is 6.42 Å². The number of hydrogen-bond donors (Lipinski definition) is 0. The van der Waals surface area contributed by atoms with Gasteiger partial charge < -0.3 is 0 Å². The topological polar surface area (TPSA) is 17.1 Å². The molecule has 0 aliphatic carbocycles. The largest absolute Gasteiger partial charge is 0.281 e. The SMILES string of the molecule is CCCCCCC/C=C/CCCCCCCCCCCCCC(=O)Cl. The second-order valence-corrected chi connectivity index (χ2v) is 7.88. The van der Waals surface area contributed by atoms with Crippen LogP contribution in [0.15, 0.2) is 12.2 Å². The molecule has 0 aromatic rings. The van der Waals surface area contributed by atoms with Crippen molar-refractivity contribution in [1.82, 2.24) is 0 Å². The molecule has 0 radical (unpaired) electrons. The molecule has 0 amide bonds. The lowest BCUT2D eigenvalue weighted by Crippen LogP contribution is -1.86. The molecule has 0 heterocycles. The summed E-state index contributed by atoms with van der Waals surface area (Å²) in [6.07, 6.45) is 29.3. The van der Waals surface area contributed by atoms with Gasteiger partial charge in [-0.15, -0.1) is 0 Å². The molecule has 0 aromatic heterocycles. The Morgan fingerprint density at radius 3 is 1.36 bits per heavy atom. The Morgan fingerprint density at radius 2 is 0.960 bits per heavy atom. The van der Waals surface area contributed by atoms with Crippen LogP contribution in [0, 0.1) is 0 Å². The molecule has 0 N–H and O–H groups in total. The Labute approximate surface area is 163 Å². The maximum atomic E-state index is 10.6. The fourth-order valence-corrected chi connectivity index (χ4v) is 3.35. The highest BCUT2D eigenvalue weighted by Gasteiger charge is 1.96. The zero-order valence-electron chi connectivity index (χ0n) is 16.9. The number of carbonyl (C=O) groups is 1. The second kappa shape index (κ2) is 21.7. The van der Waals surface area contributed by atoms with Crippen LogP contribution in [0.25, 0.3) is 0 Å². The minimum atomic E-state index is -0.183. The van der Waals surface area contributed by atoms with Crippen LogP contribution in [0.1, 0.15) is 129 Å². The molecule has 148 valence electrons. The number of unbranched alkanes of at least 4 members (excludes halogenated alkanes) is 16. The summed E-state index contributed by atoms with van der Waals surface area (Å²) in [5.41, 5.74) is 0. The van der Waals surface area contributed by atoms with Crippen LogP contribution in [0.5, 0.6) is 0 Å². The summed E-state index contributed by atoms with van der Waals surface area (Å²) in [6, 6.07) is 0. The summed E-state index contributed by atoms with van der Waals surface area (Å²) in [5, 5.41) is -0.183. The predicted octanol–water partition coefficient (Wildman–Crippen LogP) is 8.74. The van der Waals surface area contributed by atoms with Gasteiger partial charge in [0.2, 0.25) is 5.24 Å². The molecule has 0 aliphatic heterocycles. The van der Waals surface area contributed by atoms with Gasteiger partial charge in [0.15, 0.2) is 0 Å². The van der Waals surface area contributed by atoms with Crippen molar-refractivity contribution in [1.29, 1.82) is 0 Å². The summed E-state index contributed by atoms with van der Waals surface area (Å²) in [4.78, 5) is 10.6. The first-order valence-electron chi connectivity index (χ1n) is 11.1. The summed E-state index contributed by atoms with van der Waals surface area (Å²) in [6.45, 7) is 2.27. The molecule has 0 saturated heterocycles. The van der Waals surface area contributed by atoms with Crippen molar-refractivity contribution in [2.24, 2.45) is 0 Å². The lowest BCUT2D eigenvalue weighted by atomic mass is 10.0. The highest BCUT2D eigenvalue weighted by Crippen LogP contribution is 2.13. The lowest BCUT2D eigenvalue weighted by molar-refractivity contribution is -0.111. The number of rotatable bonds is 20. The first kappa shape index (κ1) is 24.7. The quantitative estimate of drug-likeness (QED) is 0.119. The first-order chi connectivity index (χ1) is 12.3. The van der Waals surface area contributed by atoms with Crippen LogP contribution in [0.2, 0.25) is 0 Å². The number of carbonyl (C=O) groups excluding carboxylic acids is 1. The van der Waals surface area contributed by atoms with E-state index in [0.29, 0.717) is 6.42 Å². The van der Waals surface area contributed by atoms with E-state index in [4.69, 9.17) is 11.6 Å². The number of halogens is 1. The van der Waals surface area contributed by atoms with Crippen molar-refractivity contribution in [3.8, 4) is 0 Å². The van der Waals surface area contributed by atoms with E-state index in [0.717, 1.165) is 12.8 Å². The molecule has 0 aliphatic rings. The van der Waals surface area contributed by atoms with Crippen LogP contribution in [-0.4, -0.2) is 5.24 Å². The average molecular weight is 371 g/mol. The van der Waals surface area contributed by atoms with Gasteiger partial charge in [-0.25, -0.2) is 0 Å². The van der Waals surface area contributed by atoms with Crippen molar-refractivity contribution in [2.45, 2.75) is 129 Å². The average Bonchev–Trinajstić information content (AvgIpc) is 2.60. The van der Waals surface area contributed by atoms with Crippen LogP contribution in [0.3, 0.4) is 0 Å². The fourth-order valence-electron chi connectivity index (χ4n) is 3.22. The Kier molecular flexibility index (Phi) is 21.5. The van der Waals surface area contributed by atoms with Gasteiger partial charge in [0.1, 0.15) is 0 Å². The van der Waals surface area contributed by atoms with E-state index < -0.39 is 0 Å². The monoisotopic (exact) mass is 370 g/mol. The van der Waals surface area contributed by atoms with Crippen LogP contribution in [0.4, 0.5) is 0 Å². The minimum Gasteiger partial charge on any atom is -0.281 e. The molecule has 1 nitrogen and oxygen atoms in total. The van der Waals surface area contributed by atoms with E-state index in [2.05, 4.69) is 19.1 Å². The molecule has 0 unspecified atom stereocenters. The van der Waals surface area contributed by atoms with Crippen molar-refractivity contribution in [3.05, 3.63) is 12.2 Å². The van der Waals surface area contributed by atoms with Crippen LogP contribution < -0.4 is 0 Å². The van der Waals surface area contributed by atoms with E-state index in [1.807, 2.05) is 0 Å². The Balaban J connectivity index is 3.05. The Hall–Kier alpha value is -0.300. The smallest absolute Gasteiger partial charge is 0.221 e. The van der Waals surface area contributed by atoms with Crippen LogP contribution >= 0.6 is 11.6 Å². The van der Waals surface area contributed by atoms with E-state index in [1.54, 1.807) is 0 Å². The lowest BCUT2D eigenvalue weighted by Gasteiger charge is -2.02. The maximum Gasteiger partial charge on any atom is 0.221 e. The molecular formula is C23H43ClO. The number of hydrogen-bond acceptors (Lipinski definition) is 1.